The van der Waals surface area contributed by atoms with Crippen LogP contribution in [0.5, 0.6) is 5.75 Å². The van der Waals surface area contributed by atoms with Crippen LogP contribution in [0.2, 0.25) is 0 Å². The van der Waals surface area contributed by atoms with E-state index in [0.29, 0.717) is 46.2 Å². The summed E-state index contributed by atoms with van der Waals surface area (Å²) in [4.78, 5) is 24.8. The third kappa shape index (κ3) is 7.40. The van der Waals surface area contributed by atoms with Crippen LogP contribution < -0.4 is 14.8 Å². The topological polar surface area (TPSA) is 146 Å². The molecule has 0 radical (unpaired) electrons. The second-order valence-electron chi connectivity index (χ2n) is 9.31. The molecule has 0 unspecified atom stereocenters. The van der Waals surface area contributed by atoms with Crippen LogP contribution in [0.15, 0.2) is 73.1 Å². The molecule has 4 rings (SSSR count). The van der Waals surface area contributed by atoms with E-state index in [1.807, 2.05) is 18.2 Å². The molecule has 0 aliphatic rings. The third-order valence-corrected chi connectivity index (χ3v) is 6.05. The van der Waals surface area contributed by atoms with Gasteiger partial charge in [0.25, 0.3) is 5.91 Å². The minimum absolute atomic E-state index is 0.203. The Labute approximate surface area is 221 Å². The highest BCUT2D eigenvalue weighted by Crippen LogP contribution is 2.22. The van der Waals surface area contributed by atoms with E-state index in [4.69, 9.17) is 4.74 Å². The minimum atomic E-state index is -3.43. The zero-order valence-corrected chi connectivity index (χ0v) is 22.0. The molecule has 3 heterocycles. The van der Waals surface area contributed by atoms with Gasteiger partial charge in [-0.3, -0.25) is 19.5 Å². The van der Waals surface area contributed by atoms with Crippen LogP contribution in [0, 0.1) is 0 Å². The first-order chi connectivity index (χ1) is 18.0. The molecule has 4 aromatic rings. The van der Waals surface area contributed by atoms with Crippen molar-refractivity contribution in [2.75, 3.05) is 16.3 Å². The summed E-state index contributed by atoms with van der Waals surface area (Å²) in [5.41, 5.74) is 2.83. The van der Waals surface area contributed by atoms with Crippen molar-refractivity contribution in [3.05, 3.63) is 101 Å². The zero-order chi connectivity index (χ0) is 27.3. The van der Waals surface area contributed by atoms with E-state index in [1.54, 1.807) is 62.6 Å². The number of benzene rings is 1. The Morgan fingerprint density at radius 1 is 1.08 bits per heavy atom. The molecule has 0 aliphatic heterocycles. The van der Waals surface area contributed by atoms with Crippen molar-refractivity contribution in [2.24, 2.45) is 0 Å². The quantitative estimate of drug-likeness (QED) is 0.241. The summed E-state index contributed by atoms with van der Waals surface area (Å²) in [5, 5.41) is 13.0. The van der Waals surface area contributed by atoms with Crippen LogP contribution in [-0.2, 0) is 28.7 Å². The number of anilines is 2. The van der Waals surface area contributed by atoms with E-state index in [9.17, 15) is 18.3 Å². The first kappa shape index (κ1) is 26.8. The van der Waals surface area contributed by atoms with Crippen LogP contribution in [0.3, 0.4) is 0 Å². The molecule has 0 bridgehead atoms. The number of aromatic amines is 1. The van der Waals surface area contributed by atoms with Gasteiger partial charge < -0.3 is 20.1 Å². The van der Waals surface area contributed by atoms with Gasteiger partial charge in [-0.05, 0) is 62.4 Å². The maximum Gasteiger partial charge on any atom is 0.257 e. The molecule has 38 heavy (non-hydrogen) atoms. The van der Waals surface area contributed by atoms with Gasteiger partial charge in [-0.15, -0.1) is 0 Å². The van der Waals surface area contributed by atoms with E-state index in [-0.39, 0.29) is 12.5 Å². The third-order valence-electron chi connectivity index (χ3n) is 5.44. The summed E-state index contributed by atoms with van der Waals surface area (Å²) < 4.78 is 31.3. The number of ether oxygens (including phenoxy) is 1. The monoisotopic (exact) mass is 535 g/mol. The van der Waals surface area contributed by atoms with Crippen LogP contribution in [0.25, 0.3) is 0 Å². The van der Waals surface area contributed by atoms with Crippen LogP contribution in [0.4, 0.5) is 11.4 Å². The van der Waals surface area contributed by atoms with Gasteiger partial charge in [-0.1, -0.05) is 12.1 Å². The zero-order valence-electron chi connectivity index (χ0n) is 21.2. The highest BCUT2D eigenvalue weighted by Gasteiger charge is 2.18. The van der Waals surface area contributed by atoms with Crippen molar-refractivity contribution in [3.8, 4) is 5.75 Å². The molecule has 1 amide bonds. The van der Waals surface area contributed by atoms with Gasteiger partial charge in [0.2, 0.25) is 10.0 Å². The molecule has 0 saturated carbocycles. The summed E-state index contributed by atoms with van der Waals surface area (Å²) >= 11 is 0. The summed E-state index contributed by atoms with van der Waals surface area (Å²) in [5.74, 6) is 0.234. The standard InChI is InChI=1S/C27H29N5O5S/c1-27(2,34)25-11-5-9-21(30-25)17-37-24-10-6-12-28-23(24)15-22-13-18(16-29-22)26(33)31-19-7-4-8-20(14-19)32-38(3,35)36/h4-14,16,29,32,34H,15,17H2,1-3H3,(H,31,33). The van der Waals surface area contributed by atoms with Crippen LogP contribution in [0.1, 0.15) is 47.0 Å². The Hall–Kier alpha value is -4.22. The lowest BCUT2D eigenvalue weighted by Crippen LogP contribution is -2.18. The van der Waals surface area contributed by atoms with E-state index < -0.39 is 15.6 Å². The highest BCUT2D eigenvalue weighted by molar-refractivity contribution is 7.92. The van der Waals surface area contributed by atoms with Crippen LogP contribution in [-0.4, -0.2) is 40.6 Å². The fourth-order valence-corrected chi connectivity index (χ4v) is 4.23. The number of hydrogen-bond donors (Lipinski definition) is 4. The predicted molar refractivity (Wildman–Crippen MR) is 145 cm³/mol. The van der Waals surface area contributed by atoms with Crippen molar-refractivity contribution in [1.82, 2.24) is 15.0 Å². The van der Waals surface area contributed by atoms with Crippen LogP contribution >= 0.6 is 0 Å². The Balaban J connectivity index is 1.41. The molecule has 0 fully saturated rings. The molecular formula is C27H29N5O5S. The van der Waals surface area contributed by atoms with E-state index in [0.717, 1.165) is 11.9 Å². The van der Waals surface area contributed by atoms with Gasteiger partial charge >= 0.3 is 0 Å². The molecule has 1 aromatic carbocycles. The molecule has 3 aromatic heterocycles. The van der Waals surface area contributed by atoms with Crippen molar-refractivity contribution in [2.45, 2.75) is 32.5 Å². The number of H-pyrrole nitrogens is 1. The van der Waals surface area contributed by atoms with Gasteiger partial charge in [-0.2, -0.15) is 0 Å². The average Bonchev–Trinajstić information content (AvgIpc) is 3.31. The van der Waals surface area contributed by atoms with E-state index in [2.05, 4.69) is 25.0 Å². The number of rotatable bonds is 10. The summed E-state index contributed by atoms with van der Waals surface area (Å²) in [6.45, 7) is 3.56. The molecule has 0 spiro atoms. The van der Waals surface area contributed by atoms with Gasteiger partial charge in [0.15, 0.2) is 0 Å². The molecule has 11 heteroatoms. The Morgan fingerprint density at radius 2 is 1.84 bits per heavy atom. The number of amides is 1. The Bertz CT molecular complexity index is 1540. The summed E-state index contributed by atoms with van der Waals surface area (Å²) in [6.07, 6.45) is 4.72. The smallest absolute Gasteiger partial charge is 0.257 e. The second kappa shape index (κ2) is 11.0. The maximum absolute atomic E-state index is 12.8. The minimum Gasteiger partial charge on any atom is -0.485 e. The normalized spacial score (nSPS) is 11.7. The van der Waals surface area contributed by atoms with E-state index >= 15 is 0 Å². The molecule has 198 valence electrons. The summed E-state index contributed by atoms with van der Waals surface area (Å²) in [6, 6.07) is 17.2. The second-order valence-corrected chi connectivity index (χ2v) is 11.1. The molecular weight excluding hydrogens is 506 g/mol. The molecule has 0 atom stereocenters. The number of carbonyl (C=O) groups excluding carboxylic acids is 1. The number of aromatic nitrogens is 3. The predicted octanol–water partition coefficient (Wildman–Crippen LogP) is 3.83. The van der Waals surface area contributed by atoms with Crippen molar-refractivity contribution in [1.29, 1.82) is 0 Å². The lowest BCUT2D eigenvalue weighted by molar-refractivity contribution is 0.0733. The van der Waals surface area contributed by atoms with Gasteiger partial charge in [0, 0.05) is 30.2 Å². The lowest BCUT2D eigenvalue weighted by Gasteiger charge is -2.17. The SMILES string of the molecule is CC(C)(O)c1cccc(COc2cccnc2Cc2cc(C(=O)Nc3cccc(NS(C)(=O)=O)c3)c[nH]2)n1. The average molecular weight is 536 g/mol. The lowest BCUT2D eigenvalue weighted by atomic mass is 10.0. The number of sulfonamides is 1. The largest absolute Gasteiger partial charge is 0.485 e. The molecule has 0 aliphatic carbocycles. The van der Waals surface area contributed by atoms with Gasteiger partial charge in [0.1, 0.15) is 18.0 Å². The number of nitrogens with one attached hydrogen (secondary N) is 3. The number of nitrogens with zero attached hydrogens (tertiary/aromatic N) is 2. The fraction of sp³-hybridized carbons (Fsp3) is 0.222. The van der Waals surface area contributed by atoms with Gasteiger partial charge in [0.05, 0.1) is 34.6 Å². The molecule has 4 N–H and O–H groups in total. The summed E-state index contributed by atoms with van der Waals surface area (Å²) in [7, 11) is -3.43. The Morgan fingerprint density at radius 3 is 2.61 bits per heavy atom. The first-order valence-corrected chi connectivity index (χ1v) is 13.7. The number of hydrogen-bond acceptors (Lipinski definition) is 7. The van der Waals surface area contributed by atoms with Gasteiger partial charge in [-0.25, -0.2) is 8.42 Å². The molecule has 0 saturated heterocycles. The number of carbonyl (C=O) groups is 1. The first-order valence-electron chi connectivity index (χ1n) is 11.8. The van der Waals surface area contributed by atoms with E-state index in [1.165, 1.54) is 6.07 Å². The maximum atomic E-state index is 12.8. The van der Waals surface area contributed by atoms with Crippen molar-refractivity contribution in [3.63, 3.8) is 0 Å². The molecule has 10 nitrogen and oxygen atoms in total. The highest BCUT2D eigenvalue weighted by atomic mass is 32.2. The van der Waals surface area contributed by atoms with Crippen molar-refractivity contribution < 1.29 is 23.1 Å². The number of aliphatic hydroxyl groups is 1. The number of pyridine rings is 2. The van der Waals surface area contributed by atoms with Crippen molar-refractivity contribution >= 4 is 27.3 Å². The Kier molecular flexibility index (Phi) is 7.79. The fourth-order valence-electron chi connectivity index (χ4n) is 3.67.